The summed E-state index contributed by atoms with van der Waals surface area (Å²) in [6.07, 6.45) is 3.16. The second-order valence-corrected chi connectivity index (χ2v) is 4.85. The van der Waals surface area contributed by atoms with E-state index in [2.05, 4.69) is 29.2 Å². The maximum absolute atomic E-state index is 12.1. The first-order valence-electron chi connectivity index (χ1n) is 6.17. The van der Waals surface area contributed by atoms with E-state index in [-0.39, 0.29) is 5.56 Å². The molecular weight excluding hydrogens is 230 g/mol. The summed E-state index contributed by atoms with van der Waals surface area (Å²) in [4.78, 5) is 16.4. The molecule has 0 atom stereocenters. The zero-order valence-electron chi connectivity index (χ0n) is 11.1. The second kappa shape index (κ2) is 5.30. The standard InChI is InChI=1S/C12H19N5O/c1-9(2)6-13-4-5-17-8-14-11-10(12(17)18)7-15-16(11)3/h7-9,13H,4-6H2,1-3H3. The van der Waals surface area contributed by atoms with Gasteiger partial charge in [0, 0.05) is 20.1 Å². The van der Waals surface area contributed by atoms with Crippen molar-refractivity contribution < 1.29 is 0 Å². The molecule has 6 nitrogen and oxygen atoms in total. The summed E-state index contributed by atoms with van der Waals surface area (Å²) in [5.41, 5.74) is 0.603. The van der Waals surface area contributed by atoms with Crippen molar-refractivity contribution in [2.24, 2.45) is 13.0 Å². The highest BCUT2D eigenvalue weighted by molar-refractivity contribution is 5.72. The van der Waals surface area contributed by atoms with Crippen molar-refractivity contribution in [3.63, 3.8) is 0 Å². The van der Waals surface area contributed by atoms with E-state index in [4.69, 9.17) is 0 Å². The number of fused-ring (bicyclic) bond motifs is 1. The Labute approximate surface area is 106 Å². The van der Waals surface area contributed by atoms with Gasteiger partial charge in [0.25, 0.3) is 5.56 Å². The van der Waals surface area contributed by atoms with Crippen molar-refractivity contribution in [2.45, 2.75) is 20.4 Å². The topological polar surface area (TPSA) is 64.7 Å². The molecule has 0 bridgehead atoms. The van der Waals surface area contributed by atoms with Crippen LogP contribution in [-0.4, -0.2) is 32.4 Å². The minimum Gasteiger partial charge on any atom is -0.315 e. The maximum Gasteiger partial charge on any atom is 0.264 e. The number of rotatable bonds is 5. The summed E-state index contributed by atoms with van der Waals surface area (Å²) in [7, 11) is 1.78. The Morgan fingerprint density at radius 2 is 2.22 bits per heavy atom. The molecule has 6 heteroatoms. The first-order chi connectivity index (χ1) is 8.59. The molecule has 18 heavy (non-hydrogen) atoms. The molecule has 1 N–H and O–H groups in total. The van der Waals surface area contributed by atoms with Gasteiger partial charge in [-0.2, -0.15) is 5.10 Å². The SMILES string of the molecule is CC(C)CNCCn1cnc2c(cnn2C)c1=O. The van der Waals surface area contributed by atoms with Crippen LogP contribution in [0.5, 0.6) is 0 Å². The molecule has 98 valence electrons. The molecule has 0 saturated heterocycles. The molecule has 0 saturated carbocycles. The van der Waals surface area contributed by atoms with Crippen molar-refractivity contribution in [2.75, 3.05) is 13.1 Å². The molecule has 2 aromatic rings. The van der Waals surface area contributed by atoms with Crippen LogP contribution in [0.2, 0.25) is 0 Å². The largest absolute Gasteiger partial charge is 0.315 e. The van der Waals surface area contributed by atoms with E-state index < -0.39 is 0 Å². The maximum atomic E-state index is 12.1. The lowest BCUT2D eigenvalue weighted by Crippen LogP contribution is -2.29. The number of nitrogens with one attached hydrogen (secondary N) is 1. The van der Waals surface area contributed by atoms with Crippen LogP contribution < -0.4 is 10.9 Å². The van der Waals surface area contributed by atoms with Gasteiger partial charge in [-0.3, -0.25) is 14.0 Å². The third-order valence-corrected chi connectivity index (χ3v) is 2.80. The van der Waals surface area contributed by atoms with Gasteiger partial charge in [-0.05, 0) is 12.5 Å². The van der Waals surface area contributed by atoms with Crippen LogP contribution in [0.4, 0.5) is 0 Å². The molecule has 0 aliphatic carbocycles. The molecule has 0 spiro atoms. The number of hydrogen-bond donors (Lipinski definition) is 1. The smallest absolute Gasteiger partial charge is 0.264 e. The monoisotopic (exact) mass is 249 g/mol. The molecule has 0 aromatic carbocycles. The zero-order valence-corrected chi connectivity index (χ0v) is 11.1. The number of hydrogen-bond acceptors (Lipinski definition) is 4. The quantitative estimate of drug-likeness (QED) is 0.778. The first-order valence-corrected chi connectivity index (χ1v) is 6.17. The minimum absolute atomic E-state index is 0.0283. The van der Waals surface area contributed by atoms with Gasteiger partial charge in [-0.25, -0.2) is 4.98 Å². The Morgan fingerprint density at radius 3 is 2.94 bits per heavy atom. The molecule has 2 aromatic heterocycles. The van der Waals surface area contributed by atoms with Gasteiger partial charge in [0.15, 0.2) is 5.65 Å². The van der Waals surface area contributed by atoms with Gasteiger partial charge < -0.3 is 5.32 Å². The van der Waals surface area contributed by atoms with Crippen LogP contribution in [0.3, 0.4) is 0 Å². The lowest BCUT2D eigenvalue weighted by molar-refractivity contribution is 0.518. The summed E-state index contributed by atoms with van der Waals surface area (Å²) in [5, 5.41) is 7.92. The fourth-order valence-corrected chi connectivity index (χ4v) is 1.82. The molecule has 2 heterocycles. The molecule has 0 aliphatic heterocycles. The molecule has 0 fully saturated rings. The predicted octanol–water partition coefficient (Wildman–Crippen LogP) is 0.376. The Balaban J connectivity index is 2.10. The number of nitrogens with zero attached hydrogens (tertiary/aromatic N) is 4. The van der Waals surface area contributed by atoms with E-state index in [0.717, 1.165) is 13.1 Å². The van der Waals surface area contributed by atoms with Gasteiger partial charge in [0.1, 0.15) is 11.7 Å². The van der Waals surface area contributed by atoms with Gasteiger partial charge >= 0.3 is 0 Å². The molecular formula is C12H19N5O. The third kappa shape index (κ3) is 2.59. The van der Waals surface area contributed by atoms with Gasteiger partial charge in [-0.1, -0.05) is 13.8 Å². The van der Waals surface area contributed by atoms with E-state index in [1.165, 1.54) is 0 Å². The van der Waals surface area contributed by atoms with Crippen LogP contribution in [0.15, 0.2) is 17.3 Å². The Hall–Kier alpha value is -1.69. The van der Waals surface area contributed by atoms with Crippen LogP contribution >= 0.6 is 0 Å². The van der Waals surface area contributed by atoms with E-state index in [9.17, 15) is 4.79 Å². The average molecular weight is 249 g/mol. The van der Waals surface area contributed by atoms with E-state index in [1.54, 1.807) is 28.8 Å². The van der Waals surface area contributed by atoms with Crippen molar-refractivity contribution >= 4 is 11.0 Å². The van der Waals surface area contributed by atoms with Crippen LogP contribution in [0.25, 0.3) is 11.0 Å². The lowest BCUT2D eigenvalue weighted by atomic mass is 10.2. The van der Waals surface area contributed by atoms with E-state index >= 15 is 0 Å². The van der Waals surface area contributed by atoms with Gasteiger partial charge in [0.2, 0.25) is 0 Å². The van der Waals surface area contributed by atoms with Gasteiger partial charge in [0.05, 0.1) is 6.20 Å². The normalized spacial score (nSPS) is 11.6. The zero-order chi connectivity index (χ0) is 13.1. The van der Waals surface area contributed by atoms with Crippen LogP contribution in [0.1, 0.15) is 13.8 Å². The summed E-state index contributed by atoms with van der Waals surface area (Å²) < 4.78 is 3.23. The highest BCUT2D eigenvalue weighted by Crippen LogP contribution is 2.02. The van der Waals surface area contributed by atoms with Crippen molar-refractivity contribution in [1.29, 1.82) is 0 Å². The molecule has 0 unspecified atom stereocenters. The van der Waals surface area contributed by atoms with Crippen molar-refractivity contribution in [3.8, 4) is 0 Å². The van der Waals surface area contributed by atoms with Gasteiger partial charge in [-0.15, -0.1) is 0 Å². The van der Waals surface area contributed by atoms with E-state index in [1.807, 2.05) is 0 Å². The highest BCUT2D eigenvalue weighted by atomic mass is 16.1. The predicted molar refractivity (Wildman–Crippen MR) is 70.5 cm³/mol. The summed E-state index contributed by atoms with van der Waals surface area (Å²) in [6, 6.07) is 0. The Kier molecular flexibility index (Phi) is 3.76. The molecule has 2 rings (SSSR count). The first kappa shape index (κ1) is 12.8. The van der Waals surface area contributed by atoms with E-state index in [0.29, 0.717) is 23.5 Å². The fraction of sp³-hybridized carbons (Fsp3) is 0.583. The van der Waals surface area contributed by atoms with Crippen molar-refractivity contribution in [1.82, 2.24) is 24.6 Å². The van der Waals surface area contributed by atoms with Crippen molar-refractivity contribution in [3.05, 3.63) is 22.9 Å². The number of aryl methyl sites for hydroxylation is 1. The lowest BCUT2D eigenvalue weighted by Gasteiger charge is -2.08. The fourth-order valence-electron chi connectivity index (χ4n) is 1.82. The molecule has 0 aliphatic rings. The Bertz CT molecular complexity index is 584. The van der Waals surface area contributed by atoms with Crippen LogP contribution in [-0.2, 0) is 13.6 Å². The summed E-state index contributed by atoms with van der Waals surface area (Å²) in [5.74, 6) is 0.612. The minimum atomic E-state index is -0.0283. The summed E-state index contributed by atoms with van der Waals surface area (Å²) in [6.45, 7) is 6.66. The third-order valence-electron chi connectivity index (χ3n) is 2.80. The second-order valence-electron chi connectivity index (χ2n) is 4.85. The van der Waals surface area contributed by atoms with Crippen LogP contribution in [0, 0.1) is 5.92 Å². The molecule has 0 amide bonds. The number of aromatic nitrogens is 4. The highest BCUT2D eigenvalue weighted by Gasteiger charge is 2.07. The Morgan fingerprint density at radius 1 is 1.44 bits per heavy atom. The average Bonchev–Trinajstić information content (AvgIpc) is 2.70. The summed E-state index contributed by atoms with van der Waals surface area (Å²) >= 11 is 0. The molecule has 0 radical (unpaired) electrons.